The molecule has 0 aromatic rings. The molecule has 0 aliphatic rings. The van der Waals surface area contributed by atoms with Crippen LogP contribution < -0.4 is 5.32 Å². The van der Waals surface area contributed by atoms with Gasteiger partial charge in [0.25, 0.3) is 0 Å². The Morgan fingerprint density at radius 2 is 2.33 bits per heavy atom. The van der Waals surface area contributed by atoms with E-state index in [1.807, 2.05) is 0 Å². The molecule has 0 saturated carbocycles. The number of ether oxygens (including phenoxy) is 2. The van der Waals surface area contributed by atoms with Crippen molar-refractivity contribution in [3.63, 3.8) is 0 Å². The van der Waals surface area contributed by atoms with Crippen LogP contribution in [0.3, 0.4) is 0 Å². The zero-order valence-corrected chi connectivity index (χ0v) is 9.60. The molecule has 1 unspecified atom stereocenters. The lowest BCUT2D eigenvalue weighted by Gasteiger charge is -2.11. The molecular formula is C9H14N2O3S. The van der Waals surface area contributed by atoms with Crippen molar-refractivity contribution in [3.8, 4) is 6.07 Å². The fraction of sp³-hybridized carbons (Fsp3) is 0.667. The molecule has 0 aromatic carbocycles. The molecule has 0 heterocycles. The fourth-order valence-corrected chi connectivity index (χ4v) is 1.07. The van der Waals surface area contributed by atoms with Crippen LogP contribution in [-0.2, 0) is 14.3 Å². The topological polar surface area (TPSA) is 71.4 Å². The van der Waals surface area contributed by atoms with Crippen LogP contribution in [0.2, 0.25) is 0 Å². The standard InChI is InChI=1S/C9H14N2O3S/c1-3-14-9(12)7(6-10)8(15)11-4-5-13-2/h7H,3-5H2,1-2H3,(H,11,15). The van der Waals surface area contributed by atoms with Crippen LogP contribution in [0.1, 0.15) is 6.92 Å². The Kier molecular flexibility index (Phi) is 7.50. The predicted octanol–water partition coefficient (Wildman–Crippen LogP) is 0.253. The van der Waals surface area contributed by atoms with Crippen molar-refractivity contribution in [2.45, 2.75) is 6.92 Å². The number of nitrogens with one attached hydrogen (secondary N) is 1. The Hall–Kier alpha value is -1.19. The Morgan fingerprint density at radius 3 is 2.80 bits per heavy atom. The Labute approximate surface area is 94.3 Å². The molecule has 0 rings (SSSR count). The minimum absolute atomic E-state index is 0.174. The van der Waals surface area contributed by atoms with E-state index in [2.05, 4.69) is 5.32 Å². The highest BCUT2D eigenvalue weighted by Crippen LogP contribution is 2.00. The molecule has 84 valence electrons. The van der Waals surface area contributed by atoms with Gasteiger partial charge in [-0.1, -0.05) is 12.2 Å². The summed E-state index contributed by atoms with van der Waals surface area (Å²) in [6, 6.07) is 1.79. The van der Waals surface area contributed by atoms with Crippen LogP contribution in [0.4, 0.5) is 0 Å². The molecule has 6 heteroatoms. The molecule has 1 N–H and O–H groups in total. The summed E-state index contributed by atoms with van der Waals surface area (Å²) in [6.45, 7) is 2.83. The van der Waals surface area contributed by atoms with Crippen LogP contribution in [0, 0.1) is 17.2 Å². The van der Waals surface area contributed by atoms with Gasteiger partial charge < -0.3 is 14.8 Å². The normalized spacial score (nSPS) is 11.3. The SMILES string of the molecule is CCOC(=O)C(C#N)C(=S)NCCOC. The van der Waals surface area contributed by atoms with E-state index in [1.165, 1.54) is 0 Å². The number of carbonyl (C=O) groups excluding carboxylic acids is 1. The van der Waals surface area contributed by atoms with E-state index in [1.54, 1.807) is 20.1 Å². The van der Waals surface area contributed by atoms with Gasteiger partial charge in [0, 0.05) is 13.7 Å². The van der Waals surface area contributed by atoms with Gasteiger partial charge in [0.1, 0.15) is 4.99 Å². The molecule has 0 amide bonds. The molecule has 0 fully saturated rings. The third-order valence-electron chi connectivity index (χ3n) is 1.52. The number of methoxy groups -OCH3 is 1. The van der Waals surface area contributed by atoms with E-state index in [9.17, 15) is 4.79 Å². The first kappa shape index (κ1) is 13.8. The third kappa shape index (κ3) is 5.30. The summed E-state index contributed by atoms with van der Waals surface area (Å²) in [5.74, 6) is -1.65. The molecular weight excluding hydrogens is 216 g/mol. The lowest BCUT2D eigenvalue weighted by atomic mass is 10.2. The van der Waals surface area contributed by atoms with E-state index in [4.69, 9.17) is 27.0 Å². The van der Waals surface area contributed by atoms with Crippen LogP contribution >= 0.6 is 12.2 Å². The van der Waals surface area contributed by atoms with Crippen molar-refractivity contribution in [1.82, 2.24) is 5.32 Å². The fourth-order valence-electron chi connectivity index (χ4n) is 0.822. The zero-order chi connectivity index (χ0) is 11.7. The van der Waals surface area contributed by atoms with Crippen molar-refractivity contribution in [3.05, 3.63) is 0 Å². The second-order valence-corrected chi connectivity index (χ2v) is 3.04. The minimum Gasteiger partial charge on any atom is -0.465 e. The van der Waals surface area contributed by atoms with Gasteiger partial charge in [0.05, 0.1) is 19.3 Å². The summed E-state index contributed by atoms with van der Waals surface area (Å²) in [6.07, 6.45) is 0. The average Bonchev–Trinajstić information content (AvgIpc) is 2.19. The van der Waals surface area contributed by atoms with Crippen molar-refractivity contribution in [2.75, 3.05) is 26.9 Å². The molecule has 15 heavy (non-hydrogen) atoms. The first-order valence-electron chi connectivity index (χ1n) is 4.50. The number of hydrogen-bond donors (Lipinski definition) is 1. The Bertz CT molecular complexity index is 263. The Balaban J connectivity index is 4.11. The van der Waals surface area contributed by atoms with Crippen LogP contribution in [0.15, 0.2) is 0 Å². The van der Waals surface area contributed by atoms with Gasteiger partial charge in [0.15, 0.2) is 5.92 Å². The maximum atomic E-state index is 11.2. The molecule has 5 nitrogen and oxygen atoms in total. The van der Waals surface area contributed by atoms with Gasteiger partial charge in [0.2, 0.25) is 0 Å². The molecule has 0 bridgehead atoms. The van der Waals surface area contributed by atoms with Gasteiger partial charge in [-0.25, -0.2) is 0 Å². The van der Waals surface area contributed by atoms with Gasteiger partial charge in [-0.2, -0.15) is 5.26 Å². The first-order chi connectivity index (χ1) is 7.17. The van der Waals surface area contributed by atoms with E-state index < -0.39 is 11.9 Å². The number of hydrogen-bond acceptors (Lipinski definition) is 5. The van der Waals surface area contributed by atoms with Gasteiger partial charge in [-0.05, 0) is 6.92 Å². The highest BCUT2D eigenvalue weighted by atomic mass is 32.1. The molecule has 0 saturated heterocycles. The van der Waals surface area contributed by atoms with E-state index in [0.29, 0.717) is 13.2 Å². The van der Waals surface area contributed by atoms with Gasteiger partial charge in [-0.3, -0.25) is 4.79 Å². The number of thiocarbonyl (C=S) groups is 1. The summed E-state index contributed by atoms with van der Waals surface area (Å²) in [7, 11) is 1.55. The largest absolute Gasteiger partial charge is 0.465 e. The first-order valence-corrected chi connectivity index (χ1v) is 4.91. The molecule has 0 aromatic heterocycles. The van der Waals surface area contributed by atoms with E-state index in [-0.39, 0.29) is 11.6 Å². The smallest absolute Gasteiger partial charge is 0.330 e. The zero-order valence-electron chi connectivity index (χ0n) is 8.78. The summed E-state index contributed by atoms with van der Waals surface area (Å²) in [5.41, 5.74) is 0. The summed E-state index contributed by atoms with van der Waals surface area (Å²) >= 11 is 4.89. The molecule has 0 aliphatic heterocycles. The lowest BCUT2D eigenvalue weighted by Crippen LogP contribution is -2.35. The van der Waals surface area contributed by atoms with Crippen molar-refractivity contribution in [2.24, 2.45) is 5.92 Å². The van der Waals surface area contributed by atoms with Crippen LogP contribution in [0.25, 0.3) is 0 Å². The molecule has 0 radical (unpaired) electrons. The molecule has 1 atom stereocenters. The summed E-state index contributed by atoms with van der Waals surface area (Å²) in [4.78, 5) is 11.4. The monoisotopic (exact) mass is 230 g/mol. The quantitative estimate of drug-likeness (QED) is 0.401. The van der Waals surface area contributed by atoms with Gasteiger partial charge >= 0.3 is 5.97 Å². The van der Waals surface area contributed by atoms with Crippen molar-refractivity contribution in [1.29, 1.82) is 5.26 Å². The number of esters is 1. The average molecular weight is 230 g/mol. The predicted molar refractivity (Wildman–Crippen MR) is 58.2 cm³/mol. The van der Waals surface area contributed by atoms with Gasteiger partial charge in [-0.15, -0.1) is 0 Å². The number of rotatable bonds is 6. The maximum Gasteiger partial charge on any atom is 0.330 e. The minimum atomic E-state index is -1.03. The van der Waals surface area contributed by atoms with Crippen LogP contribution in [0.5, 0.6) is 0 Å². The third-order valence-corrected chi connectivity index (χ3v) is 1.90. The van der Waals surface area contributed by atoms with Crippen molar-refractivity contribution < 1.29 is 14.3 Å². The second kappa shape index (κ2) is 8.15. The van der Waals surface area contributed by atoms with E-state index in [0.717, 1.165) is 0 Å². The Morgan fingerprint density at radius 1 is 1.67 bits per heavy atom. The summed E-state index contributed by atoms with van der Waals surface area (Å²) < 4.78 is 9.49. The highest BCUT2D eigenvalue weighted by Gasteiger charge is 2.23. The van der Waals surface area contributed by atoms with E-state index >= 15 is 0 Å². The van der Waals surface area contributed by atoms with Crippen LogP contribution in [-0.4, -0.2) is 37.8 Å². The number of nitriles is 1. The highest BCUT2D eigenvalue weighted by molar-refractivity contribution is 7.80. The summed E-state index contributed by atoms with van der Waals surface area (Å²) in [5, 5.41) is 11.5. The maximum absolute atomic E-state index is 11.2. The number of nitrogens with zero attached hydrogens (tertiary/aromatic N) is 1. The lowest BCUT2D eigenvalue weighted by molar-refractivity contribution is -0.143. The molecule has 0 aliphatic carbocycles. The second-order valence-electron chi connectivity index (χ2n) is 2.60. The molecule has 0 spiro atoms. The number of carbonyl (C=O) groups is 1. The van der Waals surface area contributed by atoms with Crippen molar-refractivity contribution >= 4 is 23.2 Å².